The maximum absolute atomic E-state index is 12.6. The van der Waals surface area contributed by atoms with Crippen LogP contribution in [0.3, 0.4) is 0 Å². The second-order valence-corrected chi connectivity index (χ2v) is 6.53. The standard InChI is InChI=1S/C15H20BrNOS/c1-19-14-7-5-12(6-8-14)15(18)17-11-3-2-4-13(17)9-10-16/h5-8,13H,2-4,9-11H2,1H3. The molecule has 1 aromatic rings. The maximum atomic E-state index is 12.6. The lowest BCUT2D eigenvalue weighted by molar-refractivity contribution is 0.0610. The van der Waals surface area contributed by atoms with E-state index in [4.69, 9.17) is 0 Å². The van der Waals surface area contributed by atoms with Crippen molar-refractivity contribution in [1.29, 1.82) is 0 Å². The number of nitrogens with zero attached hydrogens (tertiary/aromatic N) is 1. The van der Waals surface area contributed by atoms with Crippen molar-refractivity contribution < 1.29 is 4.79 Å². The lowest BCUT2D eigenvalue weighted by Gasteiger charge is -2.35. The van der Waals surface area contributed by atoms with Gasteiger partial charge in [0, 0.05) is 28.4 Å². The molecule has 0 aliphatic carbocycles. The van der Waals surface area contributed by atoms with Crippen LogP contribution in [0.5, 0.6) is 0 Å². The zero-order chi connectivity index (χ0) is 13.7. The molecule has 4 heteroatoms. The molecule has 1 heterocycles. The summed E-state index contributed by atoms with van der Waals surface area (Å²) < 4.78 is 0. The van der Waals surface area contributed by atoms with Gasteiger partial charge in [-0.05, 0) is 56.2 Å². The van der Waals surface area contributed by atoms with Crippen molar-refractivity contribution >= 4 is 33.6 Å². The third kappa shape index (κ3) is 3.76. The van der Waals surface area contributed by atoms with E-state index < -0.39 is 0 Å². The van der Waals surface area contributed by atoms with E-state index in [0.717, 1.165) is 36.7 Å². The first-order chi connectivity index (χ1) is 9.26. The van der Waals surface area contributed by atoms with E-state index in [1.165, 1.54) is 11.3 Å². The zero-order valence-electron chi connectivity index (χ0n) is 11.3. The molecule has 1 amide bonds. The summed E-state index contributed by atoms with van der Waals surface area (Å²) in [7, 11) is 0. The fraction of sp³-hybridized carbons (Fsp3) is 0.533. The summed E-state index contributed by atoms with van der Waals surface area (Å²) in [5, 5.41) is 0.965. The van der Waals surface area contributed by atoms with Gasteiger partial charge in [-0.15, -0.1) is 11.8 Å². The first-order valence-electron chi connectivity index (χ1n) is 6.77. The minimum atomic E-state index is 0.193. The largest absolute Gasteiger partial charge is 0.336 e. The van der Waals surface area contributed by atoms with Crippen LogP contribution in [-0.4, -0.2) is 35.0 Å². The first-order valence-corrected chi connectivity index (χ1v) is 9.12. The summed E-state index contributed by atoms with van der Waals surface area (Å²) in [5.74, 6) is 0.193. The molecular formula is C15H20BrNOS. The molecule has 0 aromatic heterocycles. The van der Waals surface area contributed by atoms with Crippen LogP contribution < -0.4 is 0 Å². The Bertz CT molecular complexity index is 419. The highest BCUT2D eigenvalue weighted by Crippen LogP contribution is 2.23. The number of piperidine rings is 1. The van der Waals surface area contributed by atoms with E-state index in [2.05, 4.69) is 20.8 Å². The SMILES string of the molecule is CSc1ccc(C(=O)N2CCCCC2CCBr)cc1. The number of hydrogen-bond donors (Lipinski definition) is 0. The molecule has 2 nitrogen and oxygen atoms in total. The normalized spacial score (nSPS) is 19.5. The quantitative estimate of drug-likeness (QED) is 0.604. The number of halogens is 1. The smallest absolute Gasteiger partial charge is 0.254 e. The van der Waals surface area contributed by atoms with Crippen LogP contribution >= 0.6 is 27.7 Å². The van der Waals surface area contributed by atoms with Gasteiger partial charge in [-0.3, -0.25) is 4.79 Å². The van der Waals surface area contributed by atoms with E-state index in [1.54, 1.807) is 11.8 Å². The van der Waals surface area contributed by atoms with Crippen molar-refractivity contribution in [3.05, 3.63) is 29.8 Å². The van der Waals surface area contributed by atoms with Crippen molar-refractivity contribution in [1.82, 2.24) is 4.90 Å². The second kappa shape index (κ2) is 7.34. The van der Waals surface area contributed by atoms with Gasteiger partial charge in [-0.1, -0.05) is 15.9 Å². The summed E-state index contributed by atoms with van der Waals surface area (Å²) in [6, 6.07) is 8.37. The molecule has 1 saturated heterocycles. The van der Waals surface area contributed by atoms with Crippen LogP contribution in [-0.2, 0) is 0 Å². The molecule has 1 aliphatic heterocycles. The Morgan fingerprint density at radius 2 is 2.11 bits per heavy atom. The van der Waals surface area contributed by atoms with Crippen molar-refractivity contribution in [2.75, 3.05) is 18.1 Å². The number of thioether (sulfide) groups is 1. The molecule has 0 saturated carbocycles. The predicted molar refractivity (Wildman–Crippen MR) is 85.3 cm³/mol. The number of benzene rings is 1. The Labute approximate surface area is 128 Å². The molecule has 19 heavy (non-hydrogen) atoms. The Morgan fingerprint density at radius 1 is 1.37 bits per heavy atom. The van der Waals surface area contributed by atoms with Gasteiger partial charge in [0.25, 0.3) is 5.91 Å². The van der Waals surface area contributed by atoms with Gasteiger partial charge in [0.15, 0.2) is 0 Å². The monoisotopic (exact) mass is 341 g/mol. The van der Waals surface area contributed by atoms with Crippen LogP contribution in [0.1, 0.15) is 36.0 Å². The topological polar surface area (TPSA) is 20.3 Å². The van der Waals surface area contributed by atoms with Gasteiger partial charge in [0.05, 0.1) is 0 Å². The number of alkyl halides is 1. The number of amides is 1. The van der Waals surface area contributed by atoms with Crippen LogP contribution in [0.15, 0.2) is 29.2 Å². The van der Waals surface area contributed by atoms with Crippen LogP contribution in [0.25, 0.3) is 0 Å². The molecular weight excluding hydrogens is 322 g/mol. The third-order valence-corrected chi connectivity index (χ3v) is 4.87. The average Bonchev–Trinajstić information content (AvgIpc) is 2.47. The molecule has 2 rings (SSSR count). The molecule has 1 fully saturated rings. The molecule has 0 radical (unpaired) electrons. The number of rotatable bonds is 4. The molecule has 1 aromatic carbocycles. The second-order valence-electron chi connectivity index (χ2n) is 4.85. The number of likely N-dealkylation sites (tertiary alicyclic amines) is 1. The van der Waals surface area contributed by atoms with Gasteiger partial charge < -0.3 is 4.90 Å². The van der Waals surface area contributed by atoms with Crippen LogP contribution in [0.4, 0.5) is 0 Å². The Morgan fingerprint density at radius 3 is 2.74 bits per heavy atom. The Kier molecular flexibility index (Phi) is 5.76. The van der Waals surface area contributed by atoms with Crippen molar-refractivity contribution in [2.45, 2.75) is 36.6 Å². The molecule has 1 unspecified atom stereocenters. The minimum absolute atomic E-state index is 0.193. The van der Waals surface area contributed by atoms with Gasteiger partial charge >= 0.3 is 0 Å². The summed E-state index contributed by atoms with van der Waals surface area (Å²) >= 11 is 5.20. The lowest BCUT2D eigenvalue weighted by atomic mass is 9.99. The van der Waals surface area contributed by atoms with Gasteiger partial charge in [-0.2, -0.15) is 0 Å². The summed E-state index contributed by atoms with van der Waals surface area (Å²) in [5.41, 5.74) is 0.819. The van der Waals surface area contributed by atoms with E-state index >= 15 is 0 Å². The fourth-order valence-corrected chi connectivity index (χ4v) is 3.53. The first kappa shape index (κ1) is 14.9. The van der Waals surface area contributed by atoms with Gasteiger partial charge in [0.2, 0.25) is 0 Å². The summed E-state index contributed by atoms with van der Waals surface area (Å²) in [4.78, 5) is 15.9. The van der Waals surface area contributed by atoms with Crippen LogP contribution in [0, 0.1) is 0 Å². The highest BCUT2D eigenvalue weighted by molar-refractivity contribution is 9.09. The van der Waals surface area contributed by atoms with E-state index in [0.29, 0.717) is 6.04 Å². The molecule has 0 N–H and O–H groups in total. The molecule has 1 aliphatic rings. The molecule has 0 bridgehead atoms. The number of carbonyl (C=O) groups excluding carboxylic acids is 1. The van der Waals surface area contributed by atoms with Crippen LogP contribution in [0.2, 0.25) is 0 Å². The highest BCUT2D eigenvalue weighted by atomic mass is 79.9. The van der Waals surface area contributed by atoms with Crippen molar-refractivity contribution in [2.24, 2.45) is 0 Å². The predicted octanol–water partition coefficient (Wildman–Crippen LogP) is 4.19. The minimum Gasteiger partial charge on any atom is -0.336 e. The highest BCUT2D eigenvalue weighted by Gasteiger charge is 2.26. The third-order valence-electron chi connectivity index (χ3n) is 3.67. The van der Waals surface area contributed by atoms with E-state index in [1.807, 2.05) is 30.5 Å². The van der Waals surface area contributed by atoms with Gasteiger partial charge in [0.1, 0.15) is 0 Å². The van der Waals surface area contributed by atoms with E-state index in [-0.39, 0.29) is 5.91 Å². The summed E-state index contributed by atoms with van der Waals surface area (Å²) in [6.07, 6.45) is 6.61. The molecule has 1 atom stereocenters. The van der Waals surface area contributed by atoms with E-state index in [9.17, 15) is 4.79 Å². The fourth-order valence-electron chi connectivity index (χ4n) is 2.59. The summed E-state index contributed by atoms with van der Waals surface area (Å²) in [6.45, 7) is 0.904. The van der Waals surface area contributed by atoms with Crippen molar-refractivity contribution in [3.63, 3.8) is 0 Å². The Balaban J connectivity index is 2.11. The molecule has 104 valence electrons. The van der Waals surface area contributed by atoms with Gasteiger partial charge in [-0.25, -0.2) is 0 Å². The maximum Gasteiger partial charge on any atom is 0.254 e. The Hall–Kier alpha value is -0.480. The lowest BCUT2D eigenvalue weighted by Crippen LogP contribution is -2.43. The molecule has 0 spiro atoms. The number of carbonyl (C=O) groups is 1. The average molecular weight is 342 g/mol. The zero-order valence-corrected chi connectivity index (χ0v) is 13.7. The van der Waals surface area contributed by atoms with Crippen molar-refractivity contribution in [3.8, 4) is 0 Å². The number of hydrogen-bond acceptors (Lipinski definition) is 2.